The van der Waals surface area contributed by atoms with Gasteiger partial charge in [0.15, 0.2) is 0 Å². The highest BCUT2D eigenvalue weighted by atomic mass is 16.5. The molecule has 1 aliphatic heterocycles. The van der Waals surface area contributed by atoms with E-state index in [1.165, 1.54) is 12.8 Å². The monoisotopic (exact) mass is 264 g/mol. The molecule has 1 saturated heterocycles. The Hall–Kier alpha value is -1.36. The summed E-state index contributed by atoms with van der Waals surface area (Å²) in [7, 11) is 1.65. The van der Waals surface area contributed by atoms with E-state index in [0.29, 0.717) is 11.9 Å². The molecule has 0 radical (unpaired) electrons. The van der Waals surface area contributed by atoms with E-state index in [0.717, 1.165) is 37.7 Å². The third-order valence-electron chi connectivity index (χ3n) is 3.41. The molecule has 0 aromatic carbocycles. The summed E-state index contributed by atoms with van der Waals surface area (Å²) in [4.78, 5) is 11.3. The lowest BCUT2D eigenvalue weighted by Crippen LogP contribution is -2.39. The van der Waals surface area contributed by atoms with Gasteiger partial charge in [-0.05, 0) is 32.7 Å². The summed E-state index contributed by atoms with van der Waals surface area (Å²) >= 11 is 0. The van der Waals surface area contributed by atoms with Crippen molar-refractivity contribution >= 4 is 5.95 Å². The van der Waals surface area contributed by atoms with Crippen LogP contribution in [0.1, 0.15) is 31.9 Å². The molecule has 1 fully saturated rings. The van der Waals surface area contributed by atoms with Crippen LogP contribution in [0.5, 0.6) is 5.88 Å². The molecule has 0 amide bonds. The number of aryl methyl sites for hydroxylation is 1. The quantitative estimate of drug-likeness (QED) is 0.848. The molecule has 0 aliphatic carbocycles. The summed E-state index contributed by atoms with van der Waals surface area (Å²) in [6.45, 7) is 7.24. The van der Waals surface area contributed by atoms with Crippen molar-refractivity contribution in [3.05, 3.63) is 11.8 Å². The van der Waals surface area contributed by atoms with Gasteiger partial charge in [0.25, 0.3) is 0 Å². The summed E-state index contributed by atoms with van der Waals surface area (Å²) in [5.74, 6) is 1.43. The standard InChI is InChI=1S/C14H24N4O/c1-4-8-18(10-12-6-5-7-15-12)14-16-11(2)9-13(17-14)19-3/h9,12,15H,4-8,10H2,1-3H3. The Morgan fingerprint density at radius 3 is 2.95 bits per heavy atom. The van der Waals surface area contributed by atoms with Gasteiger partial charge < -0.3 is 15.0 Å². The molecule has 1 aliphatic rings. The van der Waals surface area contributed by atoms with Crippen molar-refractivity contribution in [3.63, 3.8) is 0 Å². The molecule has 0 saturated carbocycles. The molecule has 1 unspecified atom stereocenters. The van der Waals surface area contributed by atoms with Crippen LogP contribution in [0.3, 0.4) is 0 Å². The van der Waals surface area contributed by atoms with Crippen LogP contribution in [0, 0.1) is 6.92 Å². The van der Waals surface area contributed by atoms with E-state index in [1.807, 2.05) is 13.0 Å². The summed E-state index contributed by atoms with van der Waals surface area (Å²) in [5.41, 5.74) is 0.947. The fourth-order valence-corrected chi connectivity index (χ4v) is 2.49. The molecule has 2 heterocycles. The van der Waals surface area contributed by atoms with Gasteiger partial charge in [0.1, 0.15) is 0 Å². The maximum atomic E-state index is 5.24. The number of rotatable bonds is 6. The second-order valence-electron chi connectivity index (χ2n) is 5.09. The SMILES string of the molecule is CCCN(CC1CCCN1)c1nc(C)cc(OC)n1. The van der Waals surface area contributed by atoms with E-state index in [1.54, 1.807) is 7.11 Å². The Bertz CT molecular complexity index is 404. The zero-order valence-corrected chi connectivity index (χ0v) is 12.1. The van der Waals surface area contributed by atoms with Crippen LogP contribution in [0.15, 0.2) is 6.07 Å². The molecular formula is C14H24N4O. The van der Waals surface area contributed by atoms with Gasteiger partial charge in [-0.3, -0.25) is 0 Å². The van der Waals surface area contributed by atoms with Gasteiger partial charge >= 0.3 is 0 Å². The molecular weight excluding hydrogens is 240 g/mol. The lowest BCUT2D eigenvalue weighted by molar-refractivity contribution is 0.395. The third-order valence-corrected chi connectivity index (χ3v) is 3.41. The molecule has 1 atom stereocenters. The Balaban J connectivity index is 2.14. The van der Waals surface area contributed by atoms with E-state index in [2.05, 4.69) is 27.1 Å². The van der Waals surface area contributed by atoms with Crippen LogP contribution < -0.4 is 15.0 Å². The minimum atomic E-state index is 0.557. The van der Waals surface area contributed by atoms with Crippen molar-refractivity contribution < 1.29 is 4.74 Å². The molecule has 106 valence electrons. The van der Waals surface area contributed by atoms with Gasteiger partial charge in [0, 0.05) is 30.9 Å². The molecule has 5 nitrogen and oxygen atoms in total. The number of nitrogens with zero attached hydrogens (tertiary/aromatic N) is 3. The predicted octanol–water partition coefficient (Wildman–Crippen LogP) is 1.76. The molecule has 0 spiro atoms. The van der Waals surface area contributed by atoms with E-state index < -0.39 is 0 Å². The third kappa shape index (κ3) is 3.80. The molecule has 19 heavy (non-hydrogen) atoms. The van der Waals surface area contributed by atoms with Crippen LogP contribution in [-0.4, -0.2) is 42.8 Å². The molecule has 2 rings (SSSR count). The van der Waals surface area contributed by atoms with E-state index in [4.69, 9.17) is 4.74 Å². The Morgan fingerprint density at radius 2 is 2.32 bits per heavy atom. The van der Waals surface area contributed by atoms with Crippen LogP contribution >= 0.6 is 0 Å². The highest BCUT2D eigenvalue weighted by molar-refractivity contribution is 5.34. The van der Waals surface area contributed by atoms with Crippen LogP contribution in [0.4, 0.5) is 5.95 Å². The van der Waals surface area contributed by atoms with Crippen molar-refractivity contribution in [2.45, 2.75) is 39.2 Å². The normalized spacial score (nSPS) is 18.6. The van der Waals surface area contributed by atoms with E-state index in [9.17, 15) is 0 Å². The fourth-order valence-electron chi connectivity index (χ4n) is 2.49. The maximum Gasteiger partial charge on any atom is 0.228 e. The molecule has 0 bridgehead atoms. The lowest BCUT2D eigenvalue weighted by Gasteiger charge is -2.25. The zero-order chi connectivity index (χ0) is 13.7. The number of hydrogen-bond donors (Lipinski definition) is 1. The average molecular weight is 264 g/mol. The van der Waals surface area contributed by atoms with Crippen molar-refractivity contribution in [2.75, 3.05) is 31.6 Å². The first kappa shape index (κ1) is 14.1. The van der Waals surface area contributed by atoms with Crippen LogP contribution in [0.25, 0.3) is 0 Å². The van der Waals surface area contributed by atoms with Crippen molar-refractivity contribution in [1.29, 1.82) is 0 Å². The smallest absolute Gasteiger partial charge is 0.228 e. The second kappa shape index (κ2) is 6.70. The minimum Gasteiger partial charge on any atom is -0.481 e. The first-order valence-corrected chi connectivity index (χ1v) is 7.11. The molecule has 5 heteroatoms. The summed E-state index contributed by atoms with van der Waals surface area (Å²) in [5, 5.41) is 3.53. The largest absolute Gasteiger partial charge is 0.481 e. The summed E-state index contributed by atoms with van der Waals surface area (Å²) in [6, 6.07) is 2.42. The van der Waals surface area contributed by atoms with E-state index in [-0.39, 0.29) is 0 Å². The first-order chi connectivity index (χ1) is 9.22. The summed E-state index contributed by atoms with van der Waals surface area (Å²) in [6.07, 6.45) is 3.60. The highest BCUT2D eigenvalue weighted by Gasteiger charge is 2.19. The Kier molecular flexibility index (Phi) is 4.96. The first-order valence-electron chi connectivity index (χ1n) is 7.11. The zero-order valence-electron chi connectivity index (χ0n) is 12.1. The van der Waals surface area contributed by atoms with Crippen molar-refractivity contribution in [2.24, 2.45) is 0 Å². The number of hydrogen-bond acceptors (Lipinski definition) is 5. The van der Waals surface area contributed by atoms with Gasteiger partial charge in [-0.1, -0.05) is 6.92 Å². The second-order valence-corrected chi connectivity index (χ2v) is 5.09. The van der Waals surface area contributed by atoms with Crippen LogP contribution in [0.2, 0.25) is 0 Å². The van der Waals surface area contributed by atoms with Gasteiger partial charge in [-0.15, -0.1) is 0 Å². The number of anilines is 1. The number of methoxy groups -OCH3 is 1. The Labute approximate surface area is 115 Å². The van der Waals surface area contributed by atoms with Gasteiger partial charge in [-0.2, -0.15) is 4.98 Å². The van der Waals surface area contributed by atoms with Gasteiger partial charge in [-0.25, -0.2) is 4.98 Å². The lowest BCUT2D eigenvalue weighted by atomic mass is 10.2. The van der Waals surface area contributed by atoms with Gasteiger partial charge in [0.2, 0.25) is 11.8 Å². The van der Waals surface area contributed by atoms with Crippen LogP contribution in [-0.2, 0) is 0 Å². The Morgan fingerprint density at radius 1 is 1.47 bits per heavy atom. The maximum absolute atomic E-state index is 5.24. The fraction of sp³-hybridized carbons (Fsp3) is 0.714. The minimum absolute atomic E-state index is 0.557. The van der Waals surface area contributed by atoms with Crippen molar-refractivity contribution in [3.8, 4) is 5.88 Å². The molecule has 1 aromatic rings. The average Bonchev–Trinajstić information content (AvgIpc) is 2.90. The van der Waals surface area contributed by atoms with E-state index >= 15 is 0 Å². The highest BCUT2D eigenvalue weighted by Crippen LogP contribution is 2.17. The van der Waals surface area contributed by atoms with Crippen molar-refractivity contribution in [1.82, 2.24) is 15.3 Å². The molecule has 1 N–H and O–H groups in total. The molecule has 1 aromatic heterocycles. The topological polar surface area (TPSA) is 50.3 Å². The predicted molar refractivity (Wildman–Crippen MR) is 76.8 cm³/mol. The number of nitrogens with one attached hydrogen (secondary N) is 1. The number of ether oxygens (including phenoxy) is 1. The summed E-state index contributed by atoms with van der Waals surface area (Å²) < 4.78 is 5.24. The van der Waals surface area contributed by atoms with Gasteiger partial charge in [0.05, 0.1) is 7.11 Å². The number of aromatic nitrogens is 2.